The summed E-state index contributed by atoms with van der Waals surface area (Å²) in [6.45, 7) is 3.70. The zero-order chi connectivity index (χ0) is 25.8. The molecule has 15 N–H and O–H groups in total. The molecule has 1 aromatic heterocycles. The number of carbonyl (C=O) groups excluding carboxylic acids is 1. The predicted molar refractivity (Wildman–Crippen MR) is 184 cm³/mol. The number of hydrogen-bond donors (Lipinski definition) is 7. The number of nitrogens with zero attached hydrogens (tertiary/aromatic N) is 5. The Kier molecular flexibility index (Phi) is 16.4. The molecule has 3 aromatic rings. The smallest absolute Gasteiger partial charge is 0.258 e. The molecule has 5 rings (SSSR count). The second-order valence-corrected chi connectivity index (χ2v) is 10.1. The van der Waals surface area contributed by atoms with Gasteiger partial charge in [-0.15, -0.1) is 12.4 Å². The number of carbonyl (C=O) groups is 1. The number of halogens is 3. The highest BCUT2D eigenvalue weighted by Gasteiger charge is 2.21. The fourth-order valence-corrected chi connectivity index (χ4v) is 5.19. The van der Waals surface area contributed by atoms with E-state index in [0.717, 1.165) is 51.9 Å². The maximum absolute atomic E-state index is 12.7. The number of benzene rings is 2. The van der Waals surface area contributed by atoms with Gasteiger partial charge < -0.3 is 50.1 Å². The minimum Gasteiger partial charge on any atom is -0.506 e. The van der Waals surface area contributed by atoms with E-state index in [2.05, 4.69) is 20.4 Å². The third-order valence-corrected chi connectivity index (χ3v) is 7.21. The molecule has 0 bridgehead atoms. The number of nitrogens with one attached hydrogen (secondary N) is 2. The van der Waals surface area contributed by atoms with E-state index in [0.29, 0.717) is 23.5 Å². The van der Waals surface area contributed by atoms with Gasteiger partial charge in [0.05, 0.1) is 21.3 Å². The van der Waals surface area contributed by atoms with Crippen molar-refractivity contribution in [3.63, 3.8) is 0 Å². The number of piperidine rings is 2. The number of phenols is 1. The minimum atomic E-state index is -0.513. The van der Waals surface area contributed by atoms with Crippen LogP contribution in [0, 0.1) is 0 Å². The molecule has 242 valence electrons. The molecule has 16 heteroatoms. The van der Waals surface area contributed by atoms with Crippen LogP contribution in [0.5, 0.6) is 5.75 Å². The molecule has 1 amide bonds. The first kappa shape index (κ1) is 38.8. The molecule has 42 heavy (non-hydrogen) atoms. The van der Waals surface area contributed by atoms with Crippen LogP contribution in [0.3, 0.4) is 0 Å². The second-order valence-electron chi connectivity index (χ2n) is 9.26. The summed E-state index contributed by atoms with van der Waals surface area (Å²) in [6.07, 6.45) is 6.91. The molecule has 0 spiro atoms. The number of phenolic OH excluding ortho intramolecular Hbond substituents is 1. The largest absolute Gasteiger partial charge is 0.506 e. The Morgan fingerprint density at radius 2 is 1.29 bits per heavy atom. The van der Waals surface area contributed by atoms with E-state index in [9.17, 15) is 9.90 Å². The summed E-state index contributed by atoms with van der Waals surface area (Å²) in [5.74, 6) is 1.12. The number of rotatable bonds is 6. The van der Waals surface area contributed by atoms with Crippen LogP contribution in [-0.2, 0) is 0 Å². The summed E-state index contributed by atoms with van der Waals surface area (Å²) < 4.78 is 0. The van der Waals surface area contributed by atoms with Crippen LogP contribution in [0.15, 0.2) is 36.4 Å². The van der Waals surface area contributed by atoms with Gasteiger partial charge in [0, 0.05) is 43.6 Å². The first-order valence-electron chi connectivity index (χ1n) is 12.6. The topological polar surface area (TPSA) is 247 Å². The fraction of sp³-hybridized carbons (Fsp3) is 0.385. The van der Waals surface area contributed by atoms with Crippen molar-refractivity contribution >= 4 is 70.7 Å². The van der Waals surface area contributed by atoms with Crippen molar-refractivity contribution < 1.29 is 15.6 Å². The highest BCUT2D eigenvalue weighted by molar-refractivity contribution is 6.40. The van der Waals surface area contributed by atoms with Crippen LogP contribution in [0.25, 0.3) is 0 Å². The van der Waals surface area contributed by atoms with Gasteiger partial charge in [-0.25, -0.2) is 0 Å². The average Bonchev–Trinajstić information content (AvgIpc) is 2.91. The average molecular weight is 655 g/mol. The Hall–Kier alpha value is -3.17. The van der Waals surface area contributed by atoms with Crippen LogP contribution < -0.4 is 45.0 Å². The number of aromatic nitrogens is 3. The lowest BCUT2D eigenvalue weighted by Crippen LogP contribution is -2.34. The van der Waals surface area contributed by atoms with Gasteiger partial charge in [0.2, 0.25) is 17.8 Å². The van der Waals surface area contributed by atoms with Crippen molar-refractivity contribution in [1.29, 1.82) is 0 Å². The zero-order valence-electron chi connectivity index (χ0n) is 23.6. The van der Waals surface area contributed by atoms with Crippen LogP contribution in [-0.4, -0.2) is 52.1 Å². The lowest BCUT2D eigenvalue weighted by Gasteiger charge is -2.30. The molecule has 2 saturated heterocycles. The van der Waals surface area contributed by atoms with Gasteiger partial charge in [0.1, 0.15) is 5.75 Å². The van der Waals surface area contributed by atoms with Gasteiger partial charge in [-0.05, 0) is 62.8 Å². The molecule has 0 radical (unpaired) electrons. The molecular formula is C26H50Cl3N11O2. The van der Waals surface area contributed by atoms with Gasteiger partial charge in [0.15, 0.2) is 0 Å². The van der Waals surface area contributed by atoms with Gasteiger partial charge in [-0.1, -0.05) is 29.3 Å². The number of anilines is 5. The lowest BCUT2D eigenvalue weighted by atomic mass is 10.1. The standard InChI is InChI=1S/C26H29Cl2N7O2.ClH.4H3N.4H2/c27-18-8-7-9-19(28)22(18)23(37)30-20-11-10-17(16-21(20)36)29-24-31-25(34-12-3-1-4-13-34)33-26(32-24)35-14-5-2-6-15-35;;;;;;;;;/h7-11,16,36H,1-6,12-15H2,(H,30,37)(H,29,31,32,33);1H;4*1H3;4*1H. The summed E-state index contributed by atoms with van der Waals surface area (Å²) in [7, 11) is 0. The first-order valence-corrected chi connectivity index (χ1v) is 13.3. The normalized spacial score (nSPS) is 14.0. The van der Waals surface area contributed by atoms with Crippen LogP contribution >= 0.6 is 35.6 Å². The molecule has 0 aliphatic carbocycles. The maximum atomic E-state index is 12.7. The van der Waals surface area contributed by atoms with E-state index in [1.165, 1.54) is 18.9 Å². The van der Waals surface area contributed by atoms with Crippen molar-refractivity contribution in [2.45, 2.75) is 38.5 Å². The summed E-state index contributed by atoms with van der Waals surface area (Å²) in [6, 6.07) is 9.66. The Balaban J connectivity index is -0.000000623. The summed E-state index contributed by atoms with van der Waals surface area (Å²) in [5.41, 5.74) is 0.949. The zero-order valence-corrected chi connectivity index (χ0v) is 25.9. The van der Waals surface area contributed by atoms with Crippen molar-refractivity contribution in [3.05, 3.63) is 52.0 Å². The highest BCUT2D eigenvalue weighted by Crippen LogP contribution is 2.31. The quantitative estimate of drug-likeness (QED) is 0.125. The van der Waals surface area contributed by atoms with Gasteiger partial charge in [0.25, 0.3) is 5.91 Å². The SMILES string of the molecule is Cl.N.N.N.N.O=C(Nc1ccc(Nc2nc(N3CCCCC3)nc(N3CCCCC3)n2)cc1O)c1c(Cl)cccc1Cl.[HH].[HH].[HH].[HH]. The van der Waals surface area contributed by atoms with E-state index < -0.39 is 5.91 Å². The van der Waals surface area contributed by atoms with Crippen LogP contribution in [0.2, 0.25) is 10.0 Å². The molecule has 13 nitrogen and oxygen atoms in total. The monoisotopic (exact) mass is 653 g/mol. The fourth-order valence-electron chi connectivity index (χ4n) is 4.62. The Morgan fingerprint density at radius 3 is 1.76 bits per heavy atom. The number of aromatic hydroxyl groups is 1. The Labute approximate surface area is 268 Å². The Morgan fingerprint density at radius 1 is 0.786 bits per heavy atom. The molecule has 0 saturated carbocycles. The summed E-state index contributed by atoms with van der Waals surface area (Å²) >= 11 is 12.3. The van der Waals surface area contributed by atoms with Crippen molar-refractivity contribution in [3.8, 4) is 5.75 Å². The van der Waals surface area contributed by atoms with Crippen molar-refractivity contribution in [2.75, 3.05) is 46.6 Å². The van der Waals surface area contributed by atoms with Gasteiger partial charge in [-0.2, -0.15) is 15.0 Å². The molecule has 2 aromatic carbocycles. The van der Waals surface area contributed by atoms with Crippen LogP contribution in [0.1, 0.15) is 54.6 Å². The molecule has 3 heterocycles. The number of hydrogen-bond acceptors (Lipinski definition) is 12. The molecule has 2 fully saturated rings. The molecule has 0 atom stereocenters. The van der Waals surface area contributed by atoms with Crippen molar-refractivity contribution in [1.82, 2.24) is 39.6 Å². The second kappa shape index (κ2) is 17.7. The predicted octanol–water partition coefficient (Wildman–Crippen LogP) is 7.91. The lowest BCUT2D eigenvalue weighted by molar-refractivity contribution is 0.102. The van der Waals surface area contributed by atoms with E-state index in [4.69, 9.17) is 38.2 Å². The molecule has 0 unspecified atom stereocenters. The third kappa shape index (κ3) is 9.16. The van der Waals surface area contributed by atoms with E-state index in [1.807, 2.05) is 0 Å². The van der Waals surface area contributed by atoms with Gasteiger partial charge >= 0.3 is 0 Å². The molecule has 2 aliphatic heterocycles. The Bertz CT molecular complexity index is 1250. The third-order valence-electron chi connectivity index (χ3n) is 6.58. The van der Waals surface area contributed by atoms with E-state index in [1.54, 1.807) is 30.3 Å². The molecular weight excluding hydrogens is 605 g/mol. The van der Waals surface area contributed by atoms with Crippen LogP contribution in [0.4, 0.5) is 29.2 Å². The number of amides is 1. The summed E-state index contributed by atoms with van der Waals surface area (Å²) in [4.78, 5) is 31.3. The minimum absolute atomic E-state index is 0. The van der Waals surface area contributed by atoms with E-state index in [-0.39, 0.29) is 69.8 Å². The molecule has 2 aliphatic rings. The van der Waals surface area contributed by atoms with Gasteiger partial charge in [-0.3, -0.25) is 4.79 Å². The highest BCUT2D eigenvalue weighted by atomic mass is 35.5. The summed E-state index contributed by atoms with van der Waals surface area (Å²) in [5, 5.41) is 17.0. The van der Waals surface area contributed by atoms with E-state index >= 15 is 0 Å². The van der Waals surface area contributed by atoms with Crippen molar-refractivity contribution in [2.24, 2.45) is 0 Å². The maximum Gasteiger partial charge on any atom is 0.258 e. The first-order chi connectivity index (χ1) is 18.0.